The first-order valence-electron chi connectivity index (χ1n) is 17.6. The Hall–Kier alpha value is -1.32. The first-order chi connectivity index (χ1) is 20.8. The number of ketones is 1. The third kappa shape index (κ3) is 4.47. The highest BCUT2D eigenvalue weighted by atomic mass is 16.5. The first-order valence-corrected chi connectivity index (χ1v) is 17.6. The highest BCUT2D eigenvalue weighted by Crippen LogP contribution is 2.76. The van der Waals surface area contributed by atoms with Crippen molar-refractivity contribution in [3.05, 3.63) is 11.6 Å². The van der Waals surface area contributed by atoms with Gasteiger partial charge in [0.2, 0.25) is 0 Å². The molecule has 0 aromatic rings. The minimum atomic E-state index is -1.56. The van der Waals surface area contributed by atoms with Crippen LogP contribution in [0.5, 0.6) is 0 Å². The minimum absolute atomic E-state index is 0.0127. The van der Waals surface area contributed by atoms with E-state index in [1.54, 1.807) is 0 Å². The fraction of sp³-hybridized carbons (Fsp3) is 0.892. The third-order valence-electron chi connectivity index (χ3n) is 15.6. The molecule has 6 unspecified atom stereocenters. The van der Waals surface area contributed by atoms with E-state index < -0.39 is 53.9 Å². The summed E-state index contributed by atoms with van der Waals surface area (Å²) in [5.74, 6) is -0.523. The predicted octanol–water partition coefficient (Wildman–Crippen LogP) is 4.90. The van der Waals surface area contributed by atoms with Crippen molar-refractivity contribution in [1.29, 1.82) is 0 Å². The van der Waals surface area contributed by atoms with Crippen molar-refractivity contribution in [3.8, 4) is 0 Å². The van der Waals surface area contributed by atoms with Crippen molar-refractivity contribution >= 4 is 11.8 Å². The number of hydrogen-bond donors (Lipinski definition) is 5. The number of aliphatic hydroxyl groups excluding tert-OH is 4. The Bertz CT molecular complexity index is 1250. The standard InChI is InChI=1S/C37H58O8/c1-32(2)14-16-37(31(43)44)17-15-35(6)20(22(37)18-32)8-9-25-34(5)12-10-21(33(3,4)24(34)11-13-36(25,35)7)26(39)30-29(42)28(41)27(40)23(19-38)45-30/h8,21-25,27-30,38,40-42H,9-19H2,1-7H3,(H,43,44)/t21-,22?,23?,24?,25?,27+,28?,29?,30+,34-,35+,36+,37-/m0/s1. The smallest absolute Gasteiger partial charge is 0.310 e. The molecule has 13 atom stereocenters. The van der Waals surface area contributed by atoms with Gasteiger partial charge in [-0.15, -0.1) is 0 Å². The molecule has 254 valence electrons. The molecule has 5 N–H and O–H groups in total. The van der Waals surface area contributed by atoms with E-state index in [4.69, 9.17) is 4.74 Å². The number of hydrogen-bond acceptors (Lipinski definition) is 7. The molecular weight excluding hydrogens is 572 g/mol. The molecule has 8 heteroatoms. The van der Waals surface area contributed by atoms with Gasteiger partial charge in [-0.1, -0.05) is 60.1 Å². The Labute approximate surface area is 269 Å². The van der Waals surface area contributed by atoms with Crippen molar-refractivity contribution in [2.75, 3.05) is 6.61 Å². The summed E-state index contributed by atoms with van der Waals surface area (Å²) in [5, 5.41) is 51.8. The Kier molecular flexibility index (Phi) is 7.90. The number of Topliss-reactive ketones (excluding diaryl/α,β-unsaturated/α-hetero) is 1. The molecule has 6 aliphatic rings. The van der Waals surface area contributed by atoms with E-state index in [2.05, 4.69) is 54.5 Å². The highest BCUT2D eigenvalue weighted by Gasteiger charge is 2.70. The van der Waals surface area contributed by atoms with Crippen molar-refractivity contribution in [2.24, 2.45) is 56.2 Å². The molecule has 0 amide bonds. The van der Waals surface area contributed by atoms with Gasteiger partial charge in [-0.05, 0) is 109 Å². The Morgan fingerprint density at radius 2 is 1.51 bits per heavy atom. The lowest BCUT2D eigenvalue weighted by Crippen LogP contribution is -2.66. The number of carbonyl (C=O) groups excluding carboxylic acids is 1. The molecule has 1 heterocycles. The van der Waals surface area contributed by atoms with E-state index in [1.807, 2.05) is 0 Å². The second-order valence-corrected chi connectivity index (χ2v) is 18.2. The predicted molar refractivity (Wildman–Crippen MR) is 169 cm³/mol. The molecule has 0 radical (unpaired) electrons. The second kappa shape index (κ2) is 10.6. The number of carboxylic acid groups (broad SMARTS) is 1. The van der Waals surface area contributed by atoms with Gasteiger partial charge in [0.25, 0.3) is 0 Å². The molecule has 5 aliphatic carbocycles. The number of aliphatic carboxylic acids is 1. The first kappa shape index (κ1) is 33.6. The van der Waals surface area contributed by atoms with Gasteiger partial charge in [0.05, 0.1) is 12.0 Å². The largest absolute Gasteiger partial charge is 0.481 e. The van der Waals surface area contributed by atoms with Gasteiger partial charge in [0.1, 0.15) is 30.5 Å². The average molecular weight is 631 g/mol. The summed E-state index contributed by atoms with van der Waals surface area (Å²) in [6, 6.07) is 0. The summed E-state index contributed by atoms with van der Waals surface area (Å²) in [7, 11) is 0. The fourth-order valence-corrected chi connectivity index (χ4v) is 12.7. The summed E-state index contributed by atoms with van der Waals surface area (Å²) in [5.41, 5.74) is 0.396. The lowest BCUT2D eigenvalue weighted by Gasteiger charge is -2.71. The molecule has 45 heavy (non-hydrogen) atoms. The Morgan fingerprint density at radius 1 is 0.844 bits per heavy atom. The zero-order valence-electron chi connectivity index (χ0n) is 28.5. The molecule has 4 saturated carbocycles. The zero-order chi connectivity index (χ0) is 33.1. The number of aliphatic hydroxyl groups is 4. The molecule has 6 rings (SSSR count). The Balaban J connectivity index is 1.31. The van der Waals surface area contributed by atoms with Crippen LogP contribution in [0.25, 0.3) is 0 Å². The molecule has 0 bridgehead atoms. The molecule has 1 aliphatic heterocycles. The maximum Gasteiger partial charge on any atom is 0.310 e. The van der Waals surface area contributed by atoms with Gasteiger partial charge in [0, 0.05) is 5.92 Å². The maximum atomic E-state index is 14.1. The third-order valence-corrected chi connectivity index (χ3v) is 15.6. The van der Waals surface area contributed by atoms with Crippen LogP contribution in [-0.2, 0) is 14.3 Å². The number of allylic oxidation sites excluding steroid dienone is 2. The lowest BCUT2D eigenvalue weighted by atomic mass is 9.33. The highest BCUT2D eigenvalue weighted by molar-refractivity contribution is 5.87. The van der Waals surface area contributed by atoms with E-state index in [-0.39, 0.29) is 45.2 Å². The van der Waals surface area contributed by atoms with E-state index >= 15 is 0 Å². The molecule has 0 aromatic heterocycles. The van der Waals surface area contributed by atoms with Crippen molar-refractivity contribution < 1.29 is 39.9 Å². The van der Waals surface area contributed by atoms with Crippen molar-refractivity contribution in [1.82, 2.24) is 0 Å². The molecule has 1 saturated heterocycles. The van der Waals surface area contributed by atoms with Gasteiger partial charge in [-0.2, -0.15) is 0 Å². The minimum Gasteiger partial charge on any atom is -0.481 e. The summed E-state index contributed by atoms with van der Waals surface area (Å²) < 4.78 is 5.75. The molecule has 0 spiro atoms. The number of rotatable bonds is 4. The van der Waals surface area contributed by atoms with E-state index in [0.29, 0.717) is 12.3 Å². The lowest BCUT2D eigenvalue weighted by molar-refractivity contribution is -0.233. The quantitative estimate of drug-likeness (QED) is 0.276. The molecule has 5 fully saturated rings. The zero-order valence-corrected chi connectivity index (χ0v) is 28.5. The maximum absolute atomic E-state index is 14.1. The SMILES string of the molecule is CC1(C)CC[C@]2(C(=O)O)CC[C@]3(C)C(=CCC4[C@@]5(C)CC[C@@H](C(=O)[C@H]6OC(CO)[C@@H](O)C(O)C6O)C(C)(C)C5CC[C@]43C)C2C1. The van der Waals surface area contributed by atoms with Crippen LogP contribution in [0.1, 0.15) is 113 Å². The summed E-state index contributed by atoms with van der Waals surface area (Å²) >= 11 is 0. The number of carbonyl (C=O) groups is 2. The summed E-state index contributed by atoms with van der Waals surface area (Å²) in [6.07, 6.45) is 4.19. The number of fused-ring (bicyclic) bond motifs is 7. The van der Waals surface area contributed by atoms with Crippen molar-refractivity contribution in [2.45, 2.75) is 143 Å². The van der Waals surface area contributed by atoms with Gasteiger partial charge >= 0.3 is 5.97 Å². The van der Waals surface area contributed by atoms with E-state index in [1.165, 1.54) is 5.57 Å². The normalized spacial score (nSPS) is 51.9. The fourth-order valence-electron chi connectivity index (χ4n) is 12.7. The molecular formula is C37H58O8. The van der Waals surface area contributed by atoms with Crippen LogP contribution in [0, 0.1) is 56.2 Å². The topological polar surface area (TPSA) is 145 Å². The number of carboxylic acids is 1. The van der Waals surface area contributed by atoms with Gasteiger partial charge in [-0.3, -0.25) is 9.59 Å². The monoisotopic (exact) mass is 630 g/mol. The van der Waals surface area contributed by atoms with Gasteiger partial charge in [-0.25, -0.2) is 0 Å². The van der Waals surface area contributed by atoms with Gasteiger partial charge in [0.15, 0.2) is 5.78 Å². The van der Waals surface area contributed by atoms with Crippen molar-refractivity contribution in [3.63, 3.8) is 0 Å². The van der Waals surface area contributed by atoms with Crippen LogP contribution in [0.4, 0.5) is 0 Å². The van der Waals surface area contributed by atoms with Gasteiger partial charge < -0.3 is 30.3 Å². The van der Waals surface area contributed by atoms with Crippen LogP contribution in [0.3, 0.4) is 0 Å². The second-order valence-electron chi connectivity index (χ2n) is 18.2. The average Bonchev–Trinajstić information content (AvgIpc) is 2.95. The molecule has 0 aromatic carbocycles. The summed E-state index contributed by atoms with van der Waals surface area (Å²) in [6.45, 7) is 15.8. The molecule has 8 nitrogen and oxygen atoms in total. The van der Waals surface area contributed by atoms with Crippen LogP contribution >= 0.6 is 0 Å². The van der Waals surface area contributed by atoms with Crippen LogP contribution in [0.2, 0.25) is 0 Å². The Morgan fingerprint density at radius 3 is 2.16 bits per heavy atom. The van der Waals surface area contributed by atoms with E-state index in [9.17, 15) is 35.1 Å². The summed E-state index contributed by atoms with van der Waals surface area (Å²) in [4.78, 5) is 27.1. The van der Waals surface area contributed by atoms with E-state index in [0.717, 1.165) is 57.8 Å². The van der Waals surface area contributed by atoms with Crippen LogP contribution < -0.4 is 0 Å². The number of ether oxygens (including phenoxy) is 1. The van der Waals surface area contributed by atoms with Crippen LogP contribution in [0.15, 0.2) is 11.6 Å². The van der Waals surface area contributed by atoms with Crippen LogP contribution in [-0.4, -0.2) is 74.4 Å².